The molecule has 1 aliphatic carbocycles. The molecular weight excluding hydrogens is 179 g/mol. The van der Waals surface area contributed by atoms with Crippen molar-refractivity contribution in [3.8, 4) is 5.75 Å². The van der Waals surface area contributed by atoms with Crippen molar-refractivity contribution in [3.63, 3.8) is 0 Å². The second kappa shape index (κ2) is 3.99. The van der Waals surface area contributed by atoms with E-state index in [1.165, 1.54) is 12.5 Å². The van der Waals surface area contributed by atoms with Gasteiger partial charge in [-0.05, 0) is 30.9 Å². The highest BCUT2D eigenvalue weighted by Gasteiger charge is 2.29. The van der Waals surface area contributed by atoms with Crippen LogP contribution >= 0.6 is 0 Å². The summed E-state index contributed by atoms with van der Waals surface area (Å²) in [6.45, 7) is 2.18. The summed E-state index contributed by atoms with van der Waals surface area (Å²) in [5, 5.41) is 0. The third-order valence-corrected chi connectivity index (χ3v) is 2.90. The molecule has 0 amide bonds. The van der Waals surface area contributed by atoms with Crippen LogP contribution in [0, 0.1) is 11.7 Å². The maximum atomic E-state index is 13.2. The molecule has 2 heteroatoms. The Bertz CT molecular complexity index is 305. The third-order valence-electron chi connectivity index (χ3n) is 2.90. The second-order valence-electron chi connectivity index (χ2n) is 3.92. The Balaban J connectivity index is 1.90. The zero-order valence-corrected chi connectivity index (χ0v) is 8.37. The molecule has 1 nitrogen and oxygen atoms in total. The van der Waals surface area contributed by atoms with Gasteiger partial charge in [0.1, 0.15) is 0 Å². The maximum absolute atomic E-state index is 13.2. The lowest BCUT2D eigenvalue weighted by molar-refractivity contribution is 0.0596. The van der Waals surface area contributed by atoms with Crippen LogP contribution in [0.4, 0.5) is 4.39 Å². The fourth-order valence-corrected chi connectivity index (χ4v) is 1.82. The predicted molar refractivity (Wildman–Crippen MR) is 53.8 cm³/mol. The Morgan fingerprint density at radius 1 is 1.36 bits per heavy atom. The molecule has 0 radical (unpaired) electrons. The van der Waals surface area contributed by atoms with E-state index in [0.29, 0.717) is 5.75 Å². The van der Waals surface area contributed by atoms with Crippen LogP contribution in [0.3, 0.4) is 0 Å². The van der Waals surface area contributed by atoms with Crippen LogP contribution in [0.15, 0.2) is 24.3 Å². The fraction of sp³-hybridized carbons (Fsp3) is 0.500. The van der Waals surface area contributed by atoms with Crippen molar-refractivity contribution in [3.05, 3.63) is 30.1 Å². The molecule has 1 aromatic rings. The summed E-state index contributed by atoms with van der Waals surface area (Å²) in [6.07, 6.45) is 3.59. The molecule has 0 aliphatic heterocycles. The molecule has 0 heterocycles. The van der Waals surface area contributed by atoms with Crippen molar-refractivity contribution in [2.75, 3.05) is 0 Å². The minimum Gasteiger partial charge on any atom is -0.487 e. The number of rotatable bonds is 3. The van der Waals surface area contributed by atoms with Crippen LogP contribution in [-0.2, 0) is 0 Å². The summed E-state index contributed by atoms with van der Waals surface area (Å²) in [6, 6.07) is 6.60. The lowest BCUT2D eigenvalue weighted by atomic mass is 9.80. The zero-order chi connectivity index (χ0) is 9.97. The maximum Gasteiger partial charge on any atom is 0.165 e. The Hall–Kier alpha value is -1.05. The lowest BCUT2D eigenvalue weighted by Gasteiger charge is -2.34. The molecule has 14 heavy (non-hydrogen) atoms. The summed E-state index contributed by atoms with van der Waals surface area (Å²) in [7, 11) is 0. The lowest BCUT2D eigenvalue weighted by Crippen LogP contribution is -2.33. The predicted octanol–water partition coefficient (Wildman–Crippen LogP) is 3.39. The van der Waals surface area contributed by atoms with Gasteiger partial charge in [-0.3, -0.25) is 0 Å². The highest BCUT2D eigenvalue weighted by Crippen LogP contribution is 2.33. The van der Waals surface area contributed by atoms with Gasteiger partial charge in [0.05, 0.1) is 6.10 Å². The third kappa shape index (κ3) is 1.89. The number of ether oxygens (including phenoxy) is 1. The smallest absolute Gasteiger partial charge is 0.165 e. The molecule has 0 atom stereocenters. The van der Waals surface area contributed by atoms with Crippen LogP contribution in [0.1, 0.15) is 26.2 Å². The monoisotopic (exact) mass is 194 g/mol. The molecule has 0 unspecified atom stereocenters. The number of para-hydroxylation sites is 1. The van der Waals surface area contributed by atoms with E-state index >= 15 is 0 Å². The number of halogens is 1. The topological polar surface area (TPSA) is 9.23 Å². The Morgan fingerprint density at radius 3 is 2.71 bits per heavy atom. The van der Waals surface area contributed by atoms with Crippen molar-refractivity contribution in [2.24, 2.45) is 5.92 Å². The van der Waals surface area contributed by atoms with Gasteiger partial charge < -0.3 is 4.74 Å². The largest absolute Gasteiger partial charge is 0.487 e. The van der Waals surface area contributed by atoms with Gasteiger partial charge >= 0.3 is 0 Å². The van der Waals surface area contributed by atoms with Crippen molar-refractivity contribution in [1.29, 1.82) is 0 Å². The highest BCUT2D eigenvalue weighted by molar-refractivity contribution is 5.24. The van der Waals surface area contributed by atoms with Gasteiger partial charge in [-0.15, -0.1) is 0 Å². The fourth-order valence-electron chi connectivity index (χ4n) is 1.82. The van der Waals surface area contributed by atoms with Gasteiger partial charge in [0.15, 0.2) is 11.6 Å². The van der Waals surface area contributed by atoms with Gasteiger partial charge in [0.2, 0.25) is 0 Å². The van der Waals surface area contributed by atoms with E-state index in [4.69, 9.17) is 4.74 Å². The van der Waals surface area contributed by atoms with Crippen molar-refractivity contribution in [1.82, 2.24) is 0 Å². The van der Waals surface area contributed by atoms with Gasteiger partial charge in [0.25, 0.3) is 0 Å². The number of hydrogen-bond acceptors (Lipinski definition) is 1. The molecule has 0 spiro atoms. The van der Waals surface area contributed by atoms with E-state index in [1.807, 2.05) is 0 Å². The SMILES string of the molecule is CC[C@H]1C[C@@H](Oc2ccccc2F)C1. The second-order valence-corrected chi connectivity index (χ2v) is 3.92. The minimum atomic E-state index is -0.257. The van der Waals surface area contributed by atoms with Crippen molar-refractivity contribution in [2.45, 2.75) is 32.3 Å². The first-order valence-corrected chi connectivity index (χ1v) is 5.20. The molecule has 1 fully saturated rings. The Morgan fingerprint density at radius 2 is 2.07 bits per heavy atom. The molecule has 2 rings (SSSR count). The minimum absolute atomic E-state index is 0.233. The summed E-state index contributed by atoms with van der Waals surface area (Å²) in [5.74, 6) is 0.922. The summed E-state index contributed by atoms with van der Waals surface area (Å²) in [4.78, 5) is 0. The molecule has 0 aromatic heterocycles. The standard InChI is InChI=1S/C12H15FO/c1-2-9-7-10(8-9)14-12-6-4-3-5-11(12)13/h3-6,9-10H,2,7-8H2,1H3/t9-,10+. The first-order valence-electron chi connectivity index (χ1n) is 5.20. The van der Waals surface area contributed by atoms with Gasteiger partial charge in [-0.25, -0.2) is 4.39 Å². The van der Waals surface area contributed by atoms with E-state index in [2.05, 4.69) is 6.92 Å². The highest BCUT2D eigenvalue weighted by atomic mass is 19.1. The first kappa shape index (κ1) is 9.50. The van der Waals surface area contributed by atoms with Gasteiger partial charge in [0, 0.05) is 0 Å². The first-order chi connectivity index (χ1) is 6.79. The van der Waals surface area contributed by atoms with Crippen LogP contribution in [-0.4, -0.2) is 6.10 Å². The molecular formula is C12H15FO. The van der Waals surface area contributed by atoms with Crippen molar-refractivity contribution < 1.29 is 9.13 Å². The molecule has 0 saturated heterocycles. The van der Waals surface area contributed by atoms with Gasteiger partial charge in [-0.1, -0.05) is 25.5 Å². The van der Waals surface area contributed by atoms with Crippen LogP contribution < -0.4 is 4.74 Å². The van der Waals surface area contributed by atoms with E-state index < -0.39 is 0 Å². The summed E-state index contributed by atoms with van der Waals surface area (Å²) in [5.41, 5.74) is 0. The van der Waals surface area contributed by atoms with Crippen LogP contribution in [0.25, 0.3) is 0 Å². The molecule has 1 aliphatic rings. The Kier molecular flexibility index (Phi) is 2.71. The van der Waals surface area contributed by atoms with Crippen LogP contribution in [0.2, 0.25) is 0 Å². The van der Waals surface area contributed by atoms with Gasteiger partial charge in [-0.2, -0.15) is 0 Å². The molecule has 0 N–H and O–H groups in total. The molecule has 76 valence electrons. The van der Waals surface area contributed by atoms with E-state index in [9.17, 15) is 4.39 Å². The molecule has 0 bridgehead atoms. The van der Waals surface area contributed by atoms with E-state index in [-0.39, 0.29) is 11.9 Å². The van der Waals surface area contributed by atoms with Crippen molar-refractivity contribution >= 4 is 0 Å². The Labute approximate surface area is 83.9 Å². The normalized spacial score (nSPS) is 25.6. The average Bonchev–Trinajstić information content (AvgIpc) is 2.13. The summed E-state index contributed by atoms with van der Waals surface area (Å²) < 4.78 is 18.7. The summed E-state index contributed by atoms with van der Waals surface area (Å²) >= 11 is 0. The number of benzene rings is 1. The quantitative estimate of drug-likeness (QED) is 0.716. The van der Waals surface area contributed by atoms with E-state index in [0.717, 1.165) is 18.8 Å². The zero-order valence-electron chi connectivity index (χ0n) is 8.37. The van der Waals surface area contributed by atoms with E-state index in [1.54, 1.807) is 18.2 Å². The average molecular weight is 194 g/mol. The number of hydrogen-bond donors (Lipinski definition) is 0. The molecule has 1 aromatic carbocycles. The van der Waals surface area contributed by atoms with Crippen LogP contribution in [0.5, 0.6) is 5.75 Å². The molecule has 1 saturated carbocycles.